The minimum absolute atomic E-state index is 0.0800. The van der Waals surface area contributed by atoms with Crippen molar-refractivity contribution < 1.29 is 104 Å². The van der Waals surface area contributed by atoms with Gasteiger partial charge in [0.1, 0.15) is 85.5 Å². The molecule has 5 saturated heterocycles. The molecule has 0 amide bonds. The minimum Gasteiger partial charge on any atom is -0.394 e. The zero-order valence-corrected chi connectivity index (χ0v) is 42.3. The van der Waals surface area contributed by atoms with Crippen LogP contribution < -0.4 is 0 Å². The molecule has 3 saturated carbocycles. The third-order valence-corrected chi connectivity index (χ3v) is 19.3. The van der Waals surface area contributed by atoms with Crippen molar-refractivity contribution in [3.63, 3.8) is 0 Å². The Labute approximate surface area is 421 Å². The molecule has 1 unspecified atom stereocenters. The molecule has 414 valence electrons. The molecule has 9 aliphatic rings. The zero-order valence-electron chi connectivity index (χ0n) is 42.3. The first kappa shape index (κ1) is 55.6. The molecule has 0 aromatic carbocycles. The Bertz CT molecular complexity index is 1850. The highest BCUT2D eigenvalue weighted by Gasteiger charge is 2.65. The van der Waals surface area contributed by atoms with Gasteiger partial charge < -0.3 is 104 Å². The van der Waals surface area contributed by atoms with Crippen molar-refractivity contribution in [2.24, 2.45) is 46.3 Å². The van der Waals surface area contributed by atoms with Gasteiger partial charge in [-0.15, -0.1) is 0 Å². The quantitative estimate of drug-likeness (QED) is 0.0900. The van der Waals surface area contributed by atoms with Crippen LogP contribution in [-0.2, 0) is 42.6 Å². The number of allylic oxidation sites excluding steroid dienone is 1. The molecule has 21 heteroatoms. The Morgan fingerprint density at radius 2 is 1.21 bits per heavy atom. The Morgan fingerprint density at radius 3 is 1.85 bits per heavy atom. The standard InChI is InChI=1S/C51H84O21/c1-20(19-64-46-40(60)39(59)36(56)31(17-52)69-46)7-10-29-21(2)33-30(68-29)16-28-26-9-8-24-15-25(11-13-50(24,5)27(26)12-14-51(28,33)6)67-49-45(72-48-42(62)38(58)35(55)23(4)66-48)43(63)44(32(18-53)70-49)71-47-41(61)37(57)34(54)22(3)65-47/h8,20-23,25-49,52-63H,7,9-19H2,1-6H3/t20-,21-,22+,23+,25+,26-,27+,28+,29?,30+,31-,32-,33+,34+,35+,36-,37-,38-,39+,40-,41-,42-,43+,44-,45-,46-,47+,48+,49-,50+,51+/m1/s1. The van der Waals surface area contributed by atoms with Crippen molar-refractivity contribution >= 4 is 0 Å². The second kappa shape index (κ2) is 22.0. The summed E-state index contributed by atoms with van der Waals surface area (Å²) in [6, 6.07) is 0. The number of ether oxygens (including phenoxy) is 9. The molecule has 21 nitrogen and oxygen atoms in total. The smallest absolute Gasteiger partial charge is 0.187 e. The van der Waals surface area contributed by atoms with E-state index in [-0.39, 0.29) is 35.6 Å². The van der Waals surface area contributed by atoms with E-state index >= 15 is 0 Å². The van der Waals surface area contributed by atoms with E-state index < -0.39 is 142 Å². The number of hydrogen-bond donors (Lipinski definition) is 12. The summed E-state index contributed by atoms with van der Waals surface area (Å²) in [5, 5.41) is 126. The summed E-state index contributed by atoms with van der Waals surface area (Å²) >= 11 is 0. The van der Waals surface area contributed by atoms with Crippen LogP contribution in [0.5, 0.6) is 0 Å². The topological polar surface area (TPSA) is 326 Å². The summed E-state index contributed by atoms with van der Waals surface area (Å²) < 4.78 is 55.0. The highest BCUT2D eigenvalue weighted by molar-refractivity contribution is 5.26. The van der Waals surface area contributed by atoms with Crippen LogP contribution in [0.15, 0.2) is 11.6 Å². The van der Waals surface area contributed by atoms with Crippen molar-refractivity contribution in [2.45, 2.75) is 240 Å². The summed E-state index contributed by atoms with van der Waals surface area (Å²) in [7, 11) is 0. The van der Waals surface area contributed by atoms with Gasteiger partial charge in [0, 0.05) is 0 Å². The summed E-state index contributed by atoms with van der Waals surface area (Å²) in [5.41, 5.74) is 1.35. The van der Waals surface area contributed by atoms with Crippen LogP contribution in [0, 0.1) is 46.3 Å². The third-order valence-electron chi connectivity index (χ3n) is 19.3. The monoisotopic (exact) mass is 1030 g/mol. The number of rotatable bonds is 14. The first-order valence-electron chi connectivity index (χ1n) is 26.7. The summed E-state index contributed by atoms with van der Waals surface area (Å²) in [6.07, 6.45) is -18.2. The fourth-order valence-corrected chi connectivity index (χ4v) is 15.0. The van der Waals surface area contributed by atoms with E-state index in [1.807, 2.05) is 0 Å². The molecule has 0 bridgehead atoms. The predicted molar refractivity (Wildman–Crippen MR) is 248 cm³/mol. The summed E-state index contributed by atoms with van der Waals surface area (Å²) in [6.45, 7) is 11.4. The summed E-state index contributed by atoms with van der Waals surface area (Å²) in [4.78, 5) is 0. The van der Waals surface area contributed by atoms with E-state index in [0.29, 0.717) is 42.4 Å². The van der Waals surface area contributed by atoms with Crippen LogP contribution in [0.25, 0.3) is 0 Å². The average Bonchev–Trinajstić information content (AvgIpc) is 3.85. The Hall–Kier alpha value is -1.10. The molecule has 5 heterocycles. The van der Waals surface area contributed by atoms with Gasteiger partial charge in [-0.1, -0.05) is 39.3 Å². The number of aliphatic hydroxyl groups is 12. The highest BCUT2D eigenvalue weighted by atomic mass is 16.8. The van der Waals surface area contributed by atoms with Crippen LogP contribution in [0.3, 0.4) is 0 Å². The molecule has 8 fully saturated rings. The highest BCUT2D eigenvalue weighted by Crippen LogP contribution is 2.69. The lowest BCUT2D eigenvalue weighted by Crippen LogP contribution is -2.66. The fraction of sp³-hybridized carbons (Fsp3) is 0.961. The van der Waals surface area contributed by atoms with E-state index in [4.69, 9.17) is 42.6 Å². The van der Waals surface area contributed by atoms with Gasteiger partial charge in [-0.05, 0) is 118 Å². The molecule has 4 aliphatic carbocycles. The maximum Gasteiger partial charge on any atom is 0.187 e. The summed E-state index contributed by atoms with van der Waals surface area (Å²) in [5.74, 6) is 2.35. The van der Waals surface area contributed by atoms with E-state index in [9.17, 15) is 61.3 Å². The van der Waals surface area contributed by atoms with Crippen LogP contribution >= 0.6 is 0 Å². The molecule has 12 N–H and O–H groups in total. The maximum atomic E-state index is 12.0. The van der Waals surface area contributed by atoms with Crippen molar-refractivity contribution in [1.82, 2.24) is 0 Å². The normalized spacial score (nSPS) is 55.1. The van der Waals surface area contributed by atoms with Crippen molar-refractivity contribution in [3.8, 4) is 0 Å². The van der Waals surface area contributed by atoms with Crippen molar-refractivity contribution in [1.29, 1.82) is 0 Å². The van der Waals surface area contributed by atoms with Gasteiger partial charge in [0.05, 0.1) is 50.3 Å². The van der Waals surface area contributed by atoms with Gasteiger partial charge in [-0.25, -0.2) is 0 Å². The molecule has 9 rings (SSSR count). The lowest BCUT2D eigenvalue weighted by atomic mass is 9.47. The Morgan fingerprint density at radius 1 is 0.611 bits per heavy atom. The molecule has 0 aromatic heterocycles. The molecular weight excluding hydrogens is 949 g/mol. The third kappa shape index (κ3) is 10.0. The van der Waals surface area contributed by atoms with Crippen LogP contribution in [0.4, 0.5) is 0 Å². The average molecular weight is 1030 g/mol. The first-order chi connectivity index (χ1) is 34.1. The van der Waals surface area contributed by atoms with Crippen LogP contribution in [0.2, 0.25) is 0 Å². The van der Waals surface area contributed by atoms with Gasteiger partial charge in [-0.2, -0.15) is 0 Å². The molecule has 0 radical (unpaired) electrons. The first-order valence-corrected chi connectivity index (χ1v) is 26.7. The minimum atomic E-state index is -1.73. The largest absolute Gasteiger partial charge is 0.394 e. The number of aliphatic hydroxyl groups excluding tert-OH is 12. The molecule has 31 atom stereocenters. The second-order valence-corrected chi connectivity index (χ2v) is 23.6. The lowest BCUT2D eigenvalue weighted by Gasteiger charge is -2.58. The van der Waals surface area contributed by atoms with Gasteiger partial charge >= 0.3 is 0 Å². The number of fused-ring (bicyclic) bond motifs is 7. The fourth-order valence-electron chi connectivity index (χ4n) is 15.0. The Kier molecular flexibility index (Phi) is 17.0. The second-order valence-electron chi connectivity index (χ2n) is 23.6. The van der Waals surface area contributed by atoms with Crippen LogP contribution in [0.1, 0.15) is 99.3 Å². The molecular formula is C51H84O21. The molecule has 5 aliphatic heterocycles. The number of hydrogen-bond acceptors (Lipinski definition) is 21. The van der Waals surface area contributed by atoms with E-state index in [1.165, 1.54) is 19.4 Å². The van der Waals surface area contributed by atoms with E-state index in [1.54, 1.807) is 0 Å². The van der Waals surface area contributed by atoms with Gasteiger partial charge in [0.2, 0.25) is 0 Å². The van der Waals surface area contributed by atoms with Gasteiger partial charge in [0.25, 0.3) is 0 Å². The van der Waals surface area contributed by atoms with Crippen molar-refractivity contribution in [2.75, 3.05) is 19.8 Å². The maximum absolute atomic E-state index is 12.0. The molecule has 72 heavy (non-hydrogen) atoms. The van der Waals surface area contributed by atoms with Gasteiger partial charge in [0.15, 0.2) is 25.2 Å². The van der Waals surface area contributed by atoms with Crippen LogP contribution in [-0.4, -0.2) is 222 Å². The predicted octanol–water partition coefficient (Wildman–Crippen LogP) is -1.30. The Balaban J connectivity index is 0.837. The van der Waals surface area contributed by atoms with E-state index in [0.717, 1.165) is 44.9 Å². The molecule has 0 spiro atoms. The lowest BCUT2D eigenvalue weighted by molar-refractivity contribution is -0.388. The molecule has 0 aromatic rings. The van der Waals surface area contributed by atoms with Crippen molar-refractivity contribution in [3.05, 3.63) is 11.6 Å². The van der Waals surface area contributed by atoms with Gasteiger partial charge in [-0.3, -0.25) is 0 Å². The van der Waals surface area contributed by atoms with E-state index in [2.05, 4.69) is 33.8 Å². The SMILES string of the molecule is C[C@H](CCC1O[C@H]2C[C@H]3[C@@H]4CC=C5C[C@@H](O[C@@H]6O[C@H](CO)[C@@H](O[C@@H]7O[C@@H](C)[C@H](O)[C@@H](O)[C@H]7O)[C@H](O)[C@H]6O[C@@H]6O[C@@H](C)[C@H](O)[C@@H](O)[C@H]6O)CC[C@]5(C)[C@H]4CC[C@]3(C)[C@H]2[C@@H]1C)CO[C@@H]1O[C@H](CO)[C@@H](O)[C@H](O)[C@H]1O. The zero-order chi connectivity index (χ0) is 51.9.